The van der Waals surface area contributed by atoms with Crippen LogP contribution in [0.3, 0.4) is 0 Å². The monoisotopic (exact) mass is 297 g/mol. The van der Waals surface area contributed by atoms with Gasteiger partial charge < -0.3 is 9.30 Å². The van der Waals surface area contributed by atoms with E-state index in [9.17, 15) is 4.79 Å². The van der Waals surface area contributed by atoms with E-state index in [-0.39, 0.29) is 5.91 Å². The normalized spacial score (nSPS) is 22.2. The molecule has 4 nitrogen and oxygen atoms in total. The molecule has 1 saturated carbocycles. The van der Waals surface area contributed by atoms with Gasteiger partial charge in [0.1, 0.15) is 5.65 Å². The van der Waals surface area contributed by atoms with Crippen molar-refractivity contribution >= 4 is 11.6 Å². The van der Waals surface area contributed by atoms with Gasteiger partial charge in [-0.25, -0.2) is 4.98 Å². The zero-order valence-corrected chi connectivity index (χ0v) is 13.2. The van der Waals surface area contributed by atoms with Gasteiger partial charge in [-0.05, 0) is 56.1 Å². The van der Waals surface area contributed by atoms with Crippen molar-refractivity contribution < 1.29 is 4.79 Å². The molecule has 1 saturated heterocycles. The number of rotatable bonds is 3. The number of aromatic nitrogens is 2. The summed E-state index contributed by atoms with van der Waals surface area (Å²) < 4.78 is 2.02. The summed E-state index contributed by atoms with van der Waals surface area (Å²) in [5.74, 6) is 1.89. The van der Waals surface area contributed by atoms with Crippen molar-refractivity contribution in [2.24, 2.45) is 11.8 Å². The maximum atomic E-state index is 12.6. The van der Waals surface area contributed by atoms with Gasteiger partial charge in [0.2, 0.25) is 5.91 Å². The first-order chi connectivity index (χ1) is 10.7. The predicted octanol–water partition coefficient (Wildman–Crippen LogP) is 2.83. The van der Waals surface area contributed by atoms with Crippen LogP contribution < -0.4 is 0 Å². The number of hydrogen-bond acceptors (Lipinski definition) is 2. The quantitative estimate of drug-likeness (QED) is 0.873. The Hall–Kier alpha value is -1.84. The molecule has 4 heteroatoms. The SMILES string of the molecule is Cc1cccn2cc(CC(=O)N3CCCC(C4CC4)C3)nc12. The summed E-state index contributed by atoms with van der Waals surface area (Å²) in [6, 6.07) is 4.07. The molecule has 1 aliphatic heterocycles. The van der Waals surface area contributed by atoms with E-state index in [0.29, 0.717) is 6.42 Å². The van der Waals surface area contributed by atoms with Gasteiger partial charge in [0.15, 0.2) is 0 Å². The van der Waals surface area contributed by atoms with Crippen LogP contribution in [-0.2, 0) is 11.2 Å². The van der Waals surface area contributed by atoms with Crippen molar-refractivity contribution in [2.45, 2.75) is 39.0 Å². The van der Waals surface area contributed by atoms with Crippen LogP contribution in [0, 0.1) is 18.8 Å². The van der Waals surface area contributed by atoms with E-state index in [1.54, 1.807) is 0 Å². The minimum atomic E-state index is 0.242. The van der Waals surface area contributed by atoms with E-state index in [0.717, 1.165) is 48.3 Å². The number of aryl methyl sites for hydroxylation is 1. The van der Waals surface area contributed by atoms with Crippen molar-refractivity contribution in [3.8, 4) is 0 Å². The number of hydrogen-bond donors (Lipinski definition) is 0. The molecule has 2 aromatic heterocycles. The molecule has 3 heterocycles. The third-order valence-electron chi connectivity index (χ3n) is 5.16. The summed E-state index contributed by atoms with van der Waals surface area (Å²) in [5, 5.41) is 0. The second-order valence-electron chi connectivity index (χ2n) is 6.91. The third kappa shape index (κ3) is 2.62. The summed E-state index contributed by atoms with van der Waals surface area (Å²) in [7, 11) is 0. The highest BCUT2D eigenvalue weighted by atomic mass is 16.2. The van der Waals surface area contributed by atoms with Crippen LogP contribution in [0.2, 0.25) is 0 Å². The number of imidazole rings is 1. The first-order valence-electron chi connectivity index (χ1n) is 8.41. The highest BCUT2D eigenvalue weighted by Gasteiger charge is 2.35. The number of pyridine rings is 1. The number of carbonyl (C=O) groups is 1. The van der Waals surface area contributed by atoms with Crippen LogP contribution in [-0.4, -0.2) is 33.3 Å². The number of fused-ring (bicyclic) bond motifs is 1. The highest BCUT2D eigenvalue weighted by molar-refractivity contribution is 5.78. The molecule has 2 aliphatic rings. The van der Waals surface area contributed by atoms with Crippen LogP contribution in [0.25, 0.3) is 5.65 Å². The van der Waals surface area contributed by atoms with Gasteiger partial charge in [0, 0.05) is 25.5 Å². The molecule has 0 N–H and O–H groups in total. The minimum absolute atomic E-state index is 0.242. The Labute approximate surface area is 131 Å². The number of nitrogens with zero attached hydrogens (tertiary/aromatic N) is 3. The second-order valence-corrected chi connectivity index (χ2v) is 6.91. The molecule has 0 spiro atoms. The van der Waals surface area contributed by atoms with E-state index >= 15 is 0 Å². The molecule has 4 rings (SSSR count). The second kappa shape index (κ2) is 5.41. The van der Waals surface area contributed by atoms with Crippen LogP contribution in [0.4, 0.5) is 0 Å². The molecule has 0 radical (unpaired) electrons. The number of carbonyl (C=O) groups excluding carboxylic acids is 1. The van der Waals surface area contributed by atoms with Crippen molar-refractivity contribution in [1.82, 2.24) is 14.3 Å². The maximum absolute atomic E-state index is 12.6. The molecule has 1 unspecified atom stereocenters. The lowest BCUT2D eigenvalue weighted by molar-refractivity contribution is -0.132. The molecule has 0 bridgehead atoms. The van der Waals surface area contributed by atoms with E-state index in [2.05, 4.69) is 22.9 Å². The van der Waals surface area contributed by atoms with E-state index in [1.165, 1.54) is 19.3 Å². The Bertz CT molecular complexity index is 701. The third-order valence-corrected chi connectivity index (χ3v) is 5.16. The van der Waals surface area contributed by atoms with Gasteiger partial charge in [-0.1, -0.05) is 6.07 Å². The average molecular weight is 297 g/mol. The Kier molecular flexibility index (Phi) is 3.40. The van der Waals surface area contributed by atoms with Crippen LogP contribution >= 0.6 is 0 Å². The number of likely N-dealkylation sites (tertiary alicyclic amines) is 1. The summed E-state index contributed by atoms with van der Waals surface area (Å²) in [6.45, 7) is 3.95. The highest BCUT2D eigenvalue weighted by Crippen LogP contribution is 2.40. The lowest BCUT2D eigenvalue weighted by atomic mass is 9.93. The molecular formula is C18H23N3O. The van der Waals surface area contributed by atoms with Gasteiger partial charge >= 0.3 is 0 Å². The molecule has 116 valence electrons. The Morgan fingerprint density at radius 1 is 1.32 bits per heavy atom. The fourth-order valence-corrected chi connectivity index (χ4v) is 3.75. The summed E-state index contributed by atoms with van der Waals surface area (Å²) >= 11 is 0. The van der Waals surface area contributed by atoms with Gasteiger partial charge in [-0.3, -0.25) is 4.79 Å². The largest absolute Gasteiger partial charge is 0.342 e. The predicted molar refractivity (Wildman–Crippen MR) is 85.7 cm³/mol. The van der Waals surface area contributed by atoms with Crippen LogP contribution in [0.5, 0.6) is 0 Å². The summed E-state index contributed by atoms with van der Waals surface area (Å²) in [4.78, 5) is 19.3. The average Bonchev–Trinajstić information content (AvgIpc) is 3.29. The van der Waals surface area contributed by atoms with E-state index in [1.807, 2.05) is 22.9 Å². The molecule has 22 heavy (non-hydrogen) atoms. The van der Waals surface area contributed by atoms with Gasteiger partial charge in [0.05, 0.1) is 12.1 Å². The first-order valence-corrected chi connectivity index (χ1v) is 8.41. The molecular weight excluding hydrogens is 274 g/mol. The molecule has 0 aromatic carbocycles. The topological polar surface area (TPSA) is 37.6 Å². The maximum Gasteiger partial charge on any atom is 0.228 e. The summed E-state index contributed by atoms with van der Waals surface area (Å²) in [5.41, 5.74) is 2.99. The fraction of sp³-hybridized carbons (Fsp3) is 0.556. The standard InChI is InChI=1S/C18H23N3O/c1-13-4-2-9-21-12-16(19-18(13)21)10-17(22)20-8-3-5-15(11-20)14-6-7-14/h2,4,9,12,14-15H,3,5-8,10-11H2,1H3. The number of amides is 1. The first kappa shape index (κ1) is 13.8. The molecule has 1 amide bonds. The minimum Gasteiger partial charge on any atom is -0.342 e. The Morgan fingerprint density at radius 2 is 2.18 bits per heavy atom. The van der Waals surface area contributed by atoms with Gasteiger partial charge in [-0.2, -0.15) is 0 Å². The zero-order valence-electron chi connectivity index (χ0n) is 13.2. The van der Waals surface area contributed by atoms with E-state index in [4.69, 9.17) is 0 Å². The van der Waals surface area contributed by atoms with Crippen molar-refractivity contribution in [2.75, 3.05) is 13.1 Å². The summed E-state index contributed by atoms with van der Waals surface area (Å²) in [6.07, 6.45) is 9.63. The molecule has 2 aromatic rings. The lowest BCUT2D eigenvalue weighted by Crippen LogP contribution is -2.41. The van der Waals surface area contributed by atoms with Crippen LogP contribution in [0.15, 0.2) is 24.5 Å². The van der Waals surface area contributed by atoms with Crippen molar-refractivity contribution in [3.63, 3.8) is 0 Å². The Balaban J connectivity index is 1.47. The van der Waals surface area contributed by atoms with Gasteiger partial charge in [0.25, 0.3) is 0 Å². The molecule has 2 fully saturated rings. The van der Waals surface area contributed by atoms with Crippen LogP contribution in [0.1, 0.15) is 36.9 Å². The molecule has 1 atom stereocenters. The smallest absolute Gasteiger partial charge is 0.228 e. The Morgan fingerprint density at radius 3 is 2.95 bits per heavy atom. The fourth-order valence-electron chi connectivity index (χ4n) is 3.75. The zero-order chi connectivity index (χ0) is 15.1. The van der Waals surface area contributed by atoms with Crippen molar-refractivity contribution in [3.05, 3.63) is 35.8 Å². The molecule has 1 aliphatic carbocycles. The lowest BCUT2D eigenvalue weighted by Gasteiger charge is -2.32. The van der Waals surface area contributed by atoms with Crippen molar-refractivity contribution in [1.29, 1.82) is 0 Å². The number of piperidine rings is 1. The van der Waals surface area contributed by atoms with E-state index < -0.39 is 0 Å². The van der Waals surface area contributed by atoms with Gasteiger partial charge in [-0.15, -0.1) is 0 Å².